The van der Waals surface area contributed by atoms with Crippen molar-refractivity contribution in [2.24, 2.45) is 5.73 Å². The predicted octanol–water partition coefficient (Wildman–Crippen LogP) is 5.03. The van der Waals surface area contributed by atoms with Crippen LogP contribution in [0.4, 0.5) is 17.6 Å². The lowest BCUT2D eigenvalue weighted by atomic mass is 9.97. The van der Waals surface area contributed by atoms with Gasteiger partial charge in [-0.3, -0.25) is 0 Å². The van der Waals surface area contributed by atoms with Crippen LogP contribution < -0.4 is 5.73 Å². The van der Waals surface area contributed by atoms with Gasteiger partial charge in [0.25, 0.3) is 0 Å². The van der Waals surface area contributed by atoms with Crippen molar-refractivity contribution in [2.75, 3.05) is 0 Å². The van der Waals surface area contributed by atoms with E-state index in [2.05, 4.69) is 15.9 Å². The number of hydrogen-bond donors (Lipinski definition) is 1. The van der Waals surface area contributed by atoms with Gasteiger partial charge in [0, 0.05) is 10.4 Å². The third kappa shape index (κ3) is 2.89. The molecule has 1 aromatic heterocycles. The Morgan fingerprint density at radius 1 is 1.25 bits per heavy atom. The zero-order chi connectivity index (χ0) is 15.1. The van der Waals surface area contributed by atoms with E-state index >= 15 is 0 Å². The largest absolute Gasteiger partial charge is 0.419 e. The highest BCUT2D eigenvalue weighted by Gasteiger charge is 2.35. The Morgan fingerprint density at radius 2 is 1.90 bits per heavy atom. The molecular weight excluding hydrogens is 358 g/mol. The minimum atomic E-state index is -4.73. The number of aryl methyl sites for hydroxylation is 1. The average molecular weight is 368 g/mol. The fourth-order valence-electron chi connectivity index (χ4n) is 1.94. The van der Waals surface area contributed by atoms with Crippen LogP contribution in [0.25, 0.3) is 0 Å². The van der Waals surface area contributed by atoms with Crippen molar-refractivity contribution in [3.8, 4) is 0 Å². The normalized spacial score (nSPS) is 13.6. The summed E-state index contributed by atoms with van der Waals surface area (Å²) in [5.74, 6) is -1.31. The van der Waals surface area contributed by atoms with E-state index in [1.807, 2.05) is 0 Å². The Bertz CT molecular complexity index is 636. The van der Waals surface area contributed by atoms with Crippen LogP contribution in [0.2, 0.25) is 0 Å². The summed E-state index contributed by atoms with van der Waals surface area (Å²) in [5, 5.41) is 0. The summed E-state index contributed by atoms with van der Waals surface area (Å²) >= 11 is 4.68. The zero-order valence-corrected chi connectivity index (χ0v) is 12.7. The van der Waals surface area contributed by atoms with Crippen molar-refractivity contribution >= 4 is 27.3 Å². The molecule has 1 heterocycles. The topological polar surface area (TPSA) is 26.0 Å². The first kappa shape index (κ1) is 15.5. The molecule has 1 unspecified atom stereocenters. The first-order chi connectivity index (χ1) is 9.21. The van der Waals surface area contributed by atoms with E-state index in [-0.39, 0.29) is 5.56 Å². The van der Waals surface area contributed by atoms with Gasteiger partial charge in [0.1, 0.15) is 5.82 Å². The van der Waals surface area contributed by atoms with E-state index in [4.69, 9.17) is 5.73 Å². The summed E-state index contributed by atoms with van der Waals surface area (Å²) in [6, 6.07) is 3.92. The molecule has 0 bridgehead atoms. The summed E-state index contributed by atoms with van der Waals surface area (Å²) in [6.07, 6.45) is -4.73. The second kappa shape index (κ2) is 5.46. The summed E-state index contributed by atoms with van der Waals surface area (Å²) in [5.41, 5.74) is 5.08. The number of nitrogens with two attached hydrogens (primary N) is 1. The Morgan fingerprint density at radius 3 is 2.40 bits per heavy atom. The van der Waals surface area contributed by atoms with Gasteiger partial charge in [0.15, 0.2) is 0 Å². The first-order valence-electron chi connectivity index (χ1n) is 5.59. The van der Waals surface area contributed by atoms with Crippen molar-refractivity contribution in [1.82, 2.24) is 0 Å². The van der Waals surface area contributed by atoms with Gasteiger partial charge >= 0.3 is 6.18 Å². The van der Waals surface area contributed by atoms with Gasteiger partial charge in [0.05, 0.1) is 15.4 Å². The van der Waals surface area contributed by atoms with E-state index in [1.165, 1.54) is 17.4 Å². The molecular formula is C13H10BrF4NS. The Labute approximate surface area is 125 Å². The number of thiophene rings is 1. The van der Waals surface area contributed by atoms with Crippen LogP contribution >= 0.6 is 27.3 Å². The first-order valence-corrected chi connectivity index (χ1v) is 7.19. The highest BCUT2D eigenvalue weighted by atomic mass is 79.9. The molecule has 0 fully saturated rings. The fourth-order valence-corrected chi connectivity index (χ4v) is 3.70. The lowest BCUT2D eigenvalue weighted by Crippen LogP contribution is -2.17. The quantitative estimate of drug-likeness (QED) is 0.740. The maximum atomic E-state index is 14.0. The second-order valence-corrected chi connectivity index (χ2v) is 6.88. The van der Waals surface area contributed by atoms with Gasteiger partial charge in [-0.25, -0.2) is 4.39 Å². The third-order valence-electron chi connectivity index (χ3n) is 2.93. The van der Waals surface area contributed by atoms with Crippen molar-refractivity contribution < 1.29 is 17.6 Å². The molecule has 108 valence electrons. The lowest BCUT2D eigenvalue weighted by Gasteiger charge is -2.16. The van der Waals surface area contributed by atoms with E-state index in [1.54, 1.807) is 13.0 Å². The van der Waals surface area contributed by atoms with Gasteiger partial charge in [0.2, 0.25) is 0 Å². The van der Waals surface area contributed by atoms with Crippen molar-refractivity contribution in [1.29, 1.82) is 0 Å². The standard InChI is InChI=1S/C13H10BrF4NS/c1-6-8(5-10(14)20-6)12(19)7-3-2-4-9(11(7)15)13(16,17)18/h2-5,12H,19H2,1H3. The number of halogens is 5. The molecule has 20 heavy (non-hydrogen) atoms. The molecule has 1 atom stereocenters. The molecule has 0 amide bonds. The van der Waals surface area contributed by atoms with E-state index in [9.17, 15) is 17.6 Å². The molecule has 0 saturated carbocycles. The number of hydrogen-bond acceptors (Lipinski definition) is 2. The van der Waals surface area contributed by atoms with Crippen LogP contribution in [0.3, 0.4) is 0 Å². The van der Waals surface area contributed by atoms with Crippen LogP contribution in [-0.2, 0) is 6.18 Å². The molecule has 0 spiro atoms. The molecule has 2 N–H and O–H groups in total. The van der Waals surface area contributed by atoms with Crippen molar-refractivity contribution in [2.45, 2.75) is 19.1 Å². The Kier molecular flexibility index (Phi) is 4.22. The maximum Gasteiger partial charge on any atom is 0.419 e. The van der Waals surface area contributed by atoms with Gasteiger partial charge < -0.3 is 5.73 Å². The molecule has 0 saturated heterocycles. The van der Waals surface area contributed by atoms with Gasteiger partial charge in [-0.2, -0.15) is 13.2 Å². The summed E-state index contributed by atoms with van der Waals surface area (Å²) < 4.78 is 52.9. The number of alkyl halides is 3. The minimum Gasteiger partial charge on any atom is -0.320 e. The molecule has 1 nitrogen and oxygen atoms in total. The van der Waals surface area contributed by atoms with Gasteiger partial charge in [-0.15, -0.1) is 11.3 Å². The van der Waals surface area contributed by atoms with Crippen LogP contribution in [0.15, 0.2) is 28.1 Å². The van der Waals surface area contributed by atoms with Crippen LogP contribution in [0.5, 0.6) is 0 Å². The summed E-state index contributed by atoms with van der Waals surface area (Å²) in [7, 11) is 0. The minimum absolute atomic E-state index is 0.159. The molecule has 0 aliphatic rings. The van der Waals surface area contributed by atoms with Crippen LogP contribution in [-0.4, -0.2) is 0 Å². The van der Waals surface area contributed by atoms with Gasteiger partial charge in [-0.05, 0) is 40.5 Å². The summed E-state index contributed by atoms with van der Waals surface area (Å²) in [4.78, 5) is 0.834. The van der Waals surface area contributed by atoms with E-state index in [0.717, 1.165) is 14.7 Å². The Hall–Kier alpha value is -0.920. The zero-order valence-electron chi connectivity index (χ0n) is 10.3. The SMILES string of the molecule is Cc1sc(Br)cc1C(N)c1cccc(C(F)(F)F)c1F. The molecule has 1 aromatic carbocycles. The molecule has 0 aliphatic carbocycles. The fraction of sp³-hybridized carbons (Fsp3) is 0.231. The molecule has 0 radical (unpaired) electrons. The maximum absolute atomic E-state index is 14.0. The van der Waals surface area contributed by atoms with E-state index < -0.39 is 23.6 Å². The lowest BCUT2D eigenvalue weighted by molar-refractivity contribution is -0.140. The van der Waals surface area contributed by atoms with Crippen molar-refractivity contribution in [3.63, 3.8) is 0 Å². The Balaban J connectivity index is 2.51. The highest BCUT2D eigenvalue weighted by molar-refractivity contribution is 9.11. The van der Waals surface area contributed by atoms with E-state index in [0.29, 0.717) is 11.6 Å². The van der Waals surface area contributed by atoms with Crippen molar-refractivity contribution in [3.05, 3.63) is 55.4 Å². The summed E-state index contributed by atoms with van der Waals surface area (Å²) in [6.45, 7) is 1.79. The number of benzene rings is 1. The molecule has 0 aliphatic heterocycles. The van der Waals surface area contributed by atoms with Crippen LogP contribution in [0.1, 0.15) is 27.6 Å². The molecule has 2 aromatic rings. The monoisotopic (exact) mass is 367 g/mol. The second-order valence-electron chi connectivity index (χ2n) is 4.25. The van der Waals surface area contributed by atoms with Crippen LogP contribution in [0, 0.1) is 12.7 Å². The third-order valence-corrected chi connectivity index (χ3v) is 4.50. The molecule has 7 heteroatoms. The average Bonchev–Trinajstić information content (AvgIpc) is 2.66. The number of rotatable bonds is 2. The molecule has 2 rings (SSSR count). The van der Waals surface area contributed by atoms with Gasteiger partial charge in [-0.1, -0.05) is 12.1 Å². The smallest absolute Gasteiger partial charge is 0.320 e. The highest BCUT2D eigenvalue weighted by Crippen LogP contribution is 2.37. The predicted molar refractivity (Wildman–Crippen MR) is 74.2 cm³/mol.